The molecule has 1 aliphatic heterocycles. The van der Waals surface area contributed by atoms with Crippen LogP contribution in [-0.4, -0.2) is 24.0 Å². The van der Waals surface area contributed by atoms with E-state index in [2.05, 4.69) is 4.90 Å². The van der Waals surface area contributed by atoms with Crippen LogP contribution in [0.3, 0.4) is 0 Å². The molecule has 3 heteroatoms. The van der Waals surface area contributed by atoms with Crippen molar-refractivity contribution in [2.45, 2.75) is 38.3 Å². The van der Waals surface area contributed by atoms with Crippen LogP contribution in [0.5, 0.6) is 0 Å². The van der Waals surface area contributed by atoms with E-state index in [0.717, 1.165) is 31.6 Å². The van der Waals surface area contributed by atoms with Crippen molar-refractivity contribution < 1.29 is 4.39 Å². The second kappa shape index (κ2) is 6.12. The summed E-state index contributed by atoms with van der Waals surface area (Å²) < 4.78 is 13.6. The molecule has 2 rings (SSSR count). The van der Waals surface area contributed by atoms with Crippen molar-refractivity contribution in [3.05, 3.63) is 35.6 Å². The van der Waals surface area contributed by atoms with E-state index in [4.69, 9.17) is 5.73 Å². The first kappa shape index (κ1) is 12.5. The van der Waals surface area contributed by atoms with E-state index in [-0.39, 0.29) is 5.82 Å². The molecule has 0 bridgehead atoms. The molecular weight excluding hydrogens is 215 g/mol. The number of piperidine rings is 1. The number of halogens is 1. The number of hydrogen-bond acceptors (Lipinski definition) is 2. The van der Waals surface area contributed by atoms with Gasteiger partial charge >= 0.3 is 0 Å². The normalized spacial score (nSPS) is 21.6. The van der Waals surface area contributed by atoms with E-state index >= 15 is 0 Å². The Labute approximate surface area is 103 Å². The Morgan fingerprint density at radius 3 is 2.88 bits per heavy atom. The molecule has 17 heavy (non-hydrogen) atoms. The van der Waals surface area contributed by atoms with Crippen molar-refractivity contribution in [3.63, 3.8) is 0 Å². The Balaban J connectivity index is 2.03. The summed E-state index contributed by atoms with van der Waals surface area (Å²) in [5.41, 5.74) is 6.45. The molecule has 0 amide bonds. The maximum atomic E-state index is 13.6. The predicted octanol–water partition coefficient (Wildman–Crippen LogP) is 2.53. The molecule has 1 aliphatic rings. The Kier molecular flexibility index (Phi) is 4.51. The van der Waals surface area contributed by atoms with Gasteiger partial charge in [-0.3, -0.25) is 4.90 Å². The monoisotopic (exact) mass is 236 g/mol. The van der Waals surface area contributed by atoms with Gasteiger partial charge in [-0.2, -0.15) is 0 Å². The minimum absolute atomic E-state index is 0.0930. The number of nitrogens with zero attached hydrogens (tertiary/aromatic N) is 1. The van der Waals surface area contributed by atoms with Crippen molar-refractivity contribution in [1.82, 2.24) is 4.90 Å². The summed E-state index contributed by atoms with van der Waals surface area (Å²) in [5.74, 6) is -0.0930. The third kappa shape index (κ3) is 3.27. The minimum Gasteiger partial charge on any atom is -0.330 e. The van der Waals surface area contributed by atoms with Crippen LogP contribution in [0, 0.1) is 5.82 Å². The average molecular weight is 236 g/mol. The van der Waals surface area contributed by atoms with E-state index in [9.17, 15) is 4.39 Å². The van der Waals surface area contributed by atoms with Gasteiger partial charge in [0.15, 0.2) is 0 Å². The largest absolute Gasteiger partial charge is 0.330 e. The van der Waals surface area contributed by atoms with E-state index in [1.807, 2.05) is 12.1 Å². The predicted molar refractivity (Wildman–Crippen MR) is 68.1 cm³/mol. The fourth-order valence-electron chi connectivity index (χ4n) is 2.63. The molecule has 0 spiro atoms. The van der Waals surface area contributed by atoms with E-state index in [0.29, 0.717) is 6.04 Å². The lowest BCUT2D eigenvalue weighted by molar-refractivity contribution is 0.132. The highest BCUT2D eigenvalue weighted by molar-refractivity contribution is 5.17. The molecule has 1 aromatic carbocycles. The summed E-state index contributed by atoms with van der Waals surface area (Å²) in [6.45, 7) is 2.51. The fraction of sp³-hybridized carbons (Fsp3) is 0.571. The summed E-state index contributed by atoms with van der Waals surface area (Å²) in [7, 11) is 0. The van der Waals surface area contributed by atoms with Crippen molar-refractivity contribution >= 4 is 0 Å². The number of rotatable bonds is 4. The lowest BCUT2D eigenvalue weighted by Gasteiger charge is -2.35. The highest BCUT2D eigenvalue weighted by atomic mass is 19.1. The van der Waals surface area contributed by atoms with Crippen LogP contribution in [0.4, 0.5) is 4.39 Å². The molecule has 1 saturated heterocycles. The SMILES string of the molecule is NCCC1CCCCN1Cc1ccccc1F. The van der Waals surface area contributed by atoms with Gasteiger partial charge in [0.05, 0.1) is 0 Å². The highest BCUT2D eigenvalue weighted by Gasteiger charge is 2.22. The lowest BCUT2D eigenvalue weighted by Crippen LogP contribution is -2.40. The Morgan fingerprint density at radius 2 is 2.12 bits per heavy atom. The van der Waals surface area contributed by atoms with Gasteiger partial charge in [0.25, 0.3) is 0 Å². The van der Waals surface area contributed by atoms with Gasteiger partial charge < -0.3 is 5.73 Å². The number of hydrogen-bond donors (Lipinski definition) is 1. The molecule has 0 saturated carbocycles. The molecule has 1 unspecified atom stereocenters. The summed E-state index contributed by atoms with van der Waals surface area (Å²) in [4.78, 5) is 2.38. The molecule has 2 N–H and O–H groups in total. The zero-order valence-electron chi connectivity index (χ0n) is 10.2. The molecule has 1 fully saturated rings. The lowest BCUT2D eigenvalue weighted by atomic mass is 9.98. The van der Waals surface area contributed by atoms with Crippen LogP contribution < -0.4 is 5.73 Å². The average Bonchev–Trinajstić information content (AvgIpc) is 2.35. The van der Waals surface area contributed by atoms with Crippen molar-refractivity contribution in [2.24, 2.45) is 5.73 Å². The summed E-state index contributed by atoms with van der Waals surface area (Å²) in [6.07, 6.45) is 4.72. The zero-order chi connectivity index (χ0) is 12.1. The van der Waals surface area contributed by atoms with E-state index in [1.54, 1.807) is 6.07 Å². The Hall–Kier alpha value is -0.930. The maximum absolute atomic E-state index is 13.6. The standard InChI is InChI=1S/C14H21FN2/c15-14-7-2-1-5-12(14)11-17-10-4-3-6-13(17)8-9-16/h1-2,5,7,13H,3-4,6,8-11,16H2. The molecule has 0 aromatic heterocycles. The number of nitrogens with two attached hydrogens (primary N) is 1. The van der Waals surface area contributed by atoms with Crippen LogP contribution in [0.15, 0.2) is 24.3 Å². The first-order valence-electron chi connectivity index (χ1n) is 6.49. The quantitative estimate of drug-likeness (QED) is 0.870. The van der Waals surface area contributed by atoms with E-state index < -0.39 is 0 Å². The fourth-order valence-corrected chi connectivity index (χ4v) is 2.63. The molecule has 1 heterocycles. The first-order chi connectivity index (χ1) is 8.31. The third-order valence-corrected chi connectivity index (χ3v) is 3.58. The van der Waals surface area contributed by atoms with Gasteiger partial charge in [-0.15, -0.1) is 0 Å². The molecule has 1 aromatic rings. The third-order valence-electron chi connectivity index (χ3n) is 3.58. The topological polar surface area (TPSA) is 29.3 Å². The van der Waals surface area contributed by atoms with Crippen LogP contribution in [0.2, 0.25) is 0 Å². The molecule has 2 nitrogen and oxygen atoms in total. The zero-order valence-corrected chi connectivity index (χ0v) is 10.2. The highest BCUT2D eigenvalue weighted by Crippen LogP contribution is 2.22. The van der Waals surface area contributed by atoms with Crippen LogP contribution in [0.25, 0.3) is 0 Å². The van der Waals surface area contributed by atoms with Gasteiger partial charge in [-0.1, -0.05) is 24.6 Å². The van der Waals surface area contributed by atoms with Gasteiger partial charge in [-0.05, 0) is 38.4 Å². The summed E-state index contributed by atoms with van der Waals surface area (Å²) >= 11 is 0. The van der Waals surface area contributed by atoms with Gasteiger partial charge in [-0.25, -0.2) is 4.39 Å². The van der Waals surface area contributed by atoms with Crippen molar-refractivity contribution in [2.75, 3.05) is 13.1 Å². The van der Waals surface area contributed by atoms with Crippen LogP contribution in [-0.2, 0) is 6.54 Å². The maximum Gasteiger partial charge on any atom is 0.127 e. The molecule has 0 radical (unpaired) electrons. The molecule has 94 valence electrons. The molecule has 1 atom stereocenters. The van der Waals surface area contributed by atoms with Gasteiger partial charge in [0.1, 0.15) is 5.82 Å². The molecule has 0 aliphatic carbocycles. The van der Waals surface area contributed by atoms with E-state index in [1.165, 1.54) is 25.3 Å². The number of likely N-dealkylation sites (tertiary alicyclic amines) is 1. The number of benzene rings is 1. The minimum atomic E-state index is -0.0930. The van der Waals surface area contributed by atoms with Gasteiger partial charge in [0, 0.05) is 18.2 Å². The van der Waals surface area contributed by atoms with Crippen molar-refractivity contribution in [3.8, 4) is 0 Å². The second-order valence-electron chi connectivity index (χ2n) is 4.79. The first-order valence-corrected chi connectivity index (χ1v) is 6.49. The second-order valence-corrected chi connectivity index (χ2v) is 4.79. The summed E-state index contributed by atoms with van der Waals surface area (Å²) in [6, 6.07) is 7.60. The summed E-state index contributed by atoms with van der Waals surface area (Å²) in [5, 5.41) is 0. The van der Waals surface area contributed by atoms with Crippen molar-refractivity contribution in [1.29, 1.82) is 0 Å². The Bertz CT molecular complexity index is 352. The smallest absolute Gasteiger partial charge is 0.127 e. The Morgan fingerprint density at radius 1 is 1.29 bits per heavy atom. The van der Waals surface area contributed by atoms with Crippen LogP contribution in [0.1, 0.15) is 31.2 Å². The van der Waals surface area contributed by atoms with Gasteiger partial charge in [0.2, 0.25) is 0 Å². The van der Waals surface area contributed by atoms with Crippen LogP contribution >= 0.6 is 0 Å². The molecular formula is C14H21FN2.